The molecule has 2 aromatic carbocycles. The van der Waals surface area contributed by atoms with E-state index >= 15 is 0 Å². The van der Waals surface area contributed by atoms with E-state index in [2.05, 4.69) is 23.3 Å². The molecule has 178 valence electrons. The minimum atomic E-state index is 0.0359. The zero-order valence-corrected chi connectivity index (χ0v) is 19.8. The van der Waals surface area contributed by atoms with Crippen LogP contribution in [0.4, 0.5) is 0 Å². The van der Waals surface area contributed by atoms with Gasteiger partial charge in [-0.3, -0.25) is 4.79 Å². The van der Waals surface area contributed by atoms with Gasteiger partial charge in [0.1, 0.15) is 0 Å². The summed E-state index contributed by atoms with van der Waals surface area (Å²) in [6.07, 6.45) is 7.10. The van der Waals surface area contributed by atoms with E-state index in [9.17, 15) is 4.79 Å². The van der Waals surface area contributed by atoms with Gasteiger partial charge in [0.15, 0.2) is 23.0 Å². The fraction of sp³-hybridized carbons (Fsp3) is 0.423. The number of likely N-dealkylation sites (N-methyl/N-ethyl adjacent to an activating group) is 1. The van der Waals surface area contributed by atoms with Crippen LogP contribution in [0.2, 0.25) is 0 Å². The number of nitrogens with one attached hydrogen (secondary N) is 1. The van der Waals surface area contributed by atoms with Gasteiger partial charge >= 0.3 is 0 Å². The van der Waals surface area contributed by atoms with Gasteiger partial charge in [0.05, 0.1) is 14.2 Å². The highest BCUT2D eigenvalue weighted by Gasteiger charge is 2.12. The molecule has 0 atom stereocenters. The molecular weight excluding hydrogens is 420 g/mol. The number of ether oxygens (including phenoxy) is 4. The molecule has 0 bridgehead atoms. The molecule has 1 heterocycles. The summed E-state index contributed by atoms with van der Waals surface area (Å²) in [6, 6.07) is 11.8. The lowest BCUT2D eigenvalue weighted by Gasteiger charge is -2.17. The predicted octanol–water partition coefficient (Wildman–Crippen LogP) is 3.91. The standard InChI is InChI=1S/C26H34N2O5/c1-28(16-13-21-9-11-22(30-2)24(17-21)31-3)15-5-4-14-27-26(29)8-6-7-20-10-12-23-25(18-20)33-19-32-23/h6-7,9-12,17-18H,4-5,8,13-16,19H2,1-3H3,(H,27,29)/b7-6+. The highest BCUT2D eigenvalue weighted by Crippen LogP contribution is 2.32. The second-order valence-electron chi connectivity index (χ2n) is 8.02. The van der Waals surface area contributed by atoms with E-state index in [-0.39, 0.29) is 12.7 Å². The van der Waals surface area contributed by atoms with E-state index in [1.807, 2.05) is 42.5 Å². The van der Waals surface area contributed by atoms with Crippen molar-refractivity contribution in [1.82, 2.24) is 10.2 Å². The Labute approximate surface area is 196 Å². The van der Waals surface area contributed by atoms with Crippen LogP contribution in [0, 0.1) is 0 Å². The SMILES string of the molecule is COc1ccc(CCN(C)CCCCNC(=O)C/C=C/c2ccc3c(c2)OCO3)cc1OC. The van der Waals surface area contributed by atoms with Gasteiger partial charge in [-0.1, -0.05) is 24.3 Å². The first-order chi connectivity index (χ1) is 16.1. The Morgan fingerprint density at radius 3 is 2.67 bits per heavy atom. The topological polar surface area (TPSA) is 69.3 Å². The molecule has 0 aliphatic carbocycles. The van der Waals surface area contributed by atoms with Crippen LogP contribution in [0.1, 0.15) is 30.4 Å². The summed E-state index contributed by atoms with van der Waals surface area (Å²) in [5, 5.41) is 2.99. The van der Waals surface area contributed by atoms with Crippen molar-refractivity contribution in [2.24, 2.45) is 0 Å². The molecule has 0 fully saturated rings. The van der Waals surface area contributed by atoms with Crippen LogP contribution >= 0.6 is 0 Å². The van der Waals surface area contributed by atoms with E-state index in [0.717, 1.165) is 60.9 Å². The van der Waals surface area contributed by atoms with Gasteiger partial charge in [-0.15, -0.1) is 0 Å². The Kier molecular flexibility index (Phi) is 9.44. The Morgan fingerprint density at radius 2 is 1.85 bits per heavy atom. The largest absolute Gasteiger partial charge is 0.493 e. The maximum Gasteiger partial charge on any atom is 0.231 e. The van der Waals surface area contributed by atoms with Crippen molar-refractivity contribution in [3.63, 3.8) is 0 Å². The van der Waals surface area contributed by atoms with Crippen LogP contribution in [0.5, 0.6) is 23.0 Å². The third-order valence-electron chi connectivity index (χ3n) is 5.53. The van der Waals surface area contributed by atoms with Crippen molar-refractivity contribution in [2.45, 2.75) is 25.7 Å². The average molecular weight is 455 g/mol. The predicted molar refractivity (Wildman–Crippen MR) is 129 cm³/mol. The first kappa shape index (κ1) is 24.5. The fourth-order valence-electron chi connectivity index (χ4n) is 3.59. The third-order valence-corrected chi connectivity index (χ3v) is 5.53. The number of carbonyl (C=O) groups is 1. The van der Waals surface area contributed by atoms with Crippen LogP contribution in [-0.4, -0.2) is 58.5 Å². The van der Waals surface area contributed by atoms with E-state index in [0.29, 0.717) is 13.0 Å². The number of rotatable bonds is 13. The van der Waals surface area contributed by atoms with Gasteiger partial charge in [-0.05, 0) is 68.2 Å². The van der Waals surface area contributed by atoms with E-state index in [1.165, 1.54) is 5.56 Å². The molecule has 1 aliphatic heterocycles. The Morgan fingerprint density at radius 1 is 1.03 bits per heavy atom. The number of amides is 1. The quantitative estimate of drug-likeness (QED) is 0.463. The van der Waals surface area contributed by atoms with Gasteiger partial charge in [-0.2, -0.15) is 0 Å². The van der Waals surface area contributed by atoms with Crippen molar-refractivity contribution in [2.75, 3.05) is 47.7 Å². The lowest BCUT2D eigenvalue weighted by molar-refractivity contribution is -0.120. The molecule has 0 unspecified atom stereocenters. The number of fused-ring (bicyclic) bond motifs is 1. The van der Waals surface area contributed by atoms with Crippen LogP contribution in [0.15, 0.2) is 42.5 Å². The summed E-state index contributed by atoms with van der Waals surface area (Å²) in [5.41, 5.74) is 2.21. The molecule has 7 heteroatoms. The van der Waals surface area contributed by atoms with E-state index in [4.69, 9.17) is 18.9 Å². The lowest BCUT2D eigenvalue weighted by atomic mass is 10.1. The first-order valence-corrected chi connectivity index (χ1v) is 11.3. The van der Waals surface area contributed by atoms with E-state index < -0.39 is 0 Å². The molecule has 33 heavy (non-hydrogen) atoms. The second-order valence-corrected chi connectivity index (χ2v) is 8.02. The fourth-order valence-corrected chi connectivity index (χ4v) is 3.59. The molecular formula is C26H34N2O5. The smallest absolute Gasteiger partial charge is 0.231 e. The number of nitrogens with zero attached hydrogens (tertiary/aromatic N) is 1. The van der Waals surface area contributed by atoms with Gasteiger partial charge in [-0.25, -0.2) is 0 Å². The summed E-state index contributed by atoms with van der Waals surface area (Å²) in [4.78, 5) is 14.4. The van der Waals surface area contributed by atoms with Crippen molar-refractivity contribution < 1.29 is 23.7 Å². The number of methoxy groups -OCH3 is 2. The molecule has 0 saturated heterocycles. The molecule has 0 radical (unpaired) electrons. The zero-order valence-electron chi connectivity index (χ0n) is 19.8. The van der Waals surface area contributed by atoms with Crippen molar-refractivity contribution in [3.8, 4) is 23.0 Å². The van der Waals surface area contributed by atoms with Crippen LogP contribution in [0.25, 0.3) is 6.08 Å². The van der Waals surface area contributed by atoms with Crippen LogP contribution in [-0.2, 0) is 11.2 Å². The first-order valence-electron chi connectivity index (χ1n) is 11.3. The van der Waals surface area contributed by atoms with Crippen molar-refractivity contribution in [3.05, 3.63) is 53.6 Å². The molecule has 1 N–H and O–H groups in total. The molecule has 1 aliphatic rings. The number of benzene rings is 2. The molecule has 3 rings (SSSR count). The van der Waals surface area contributed by atoms with Crippen molar-refractivity contribution >= 4 is 12.0 Å². The van der Waals surface area contributed by atoms with Gasteiger partial charge in [0.25, 0.3) is 0 Å². The Balaban J connectivity index is 1.26. The Hall–Kier alpha value is -3.19. The van der Waals surface area contributed by atoms with Crippen LogP contribution in [0.3, 0.4) is 0 Å². The zero-order chi connectivity index (χ0) is 23.5. The van der Waals surface area contributed by atoms with Crippen molar-refractivity contribution in [1.29, 1.82) is 0 Å². The van der Waals surface area contributed by atoms with Gasteiger partial charge < -0.3 is 29.2 Å². The highest BCUT2D eigenvalue weighted by molar-refractivity contribution is 5.78. The lowest BCUT2D eigenvalue weighted by Crippen LogP contribution is -2.26. The maximum absolute atomic E-state index is 12.0. The number of unbranched alkanes of at least 4 members (excludes halogenated alkanes) is 1. The Bertz CT molecular complexity index is 944. The number of hydrogen-bond donors (Lipinski definition) is 1. The molecule has 2 aromatic rings. The summed E-state index contributed by atoms with van der Waals surface area (Å²) in [7, 11) is 5.42. The molecule has 0 saturated carbocycles. The maximum atomic E-state index is 12.0. The molecule has 7 nitrogen and oxygen atoms in total. The van der Waals surface area contributed by atoms with Gasteiger partial charge in [0.2, 0.25) is 12.7 Å². The normalized spacial score (nSPS) is 12.4. The monoisotopic (exact) mass is 454 g/mol. The molecule has 0 aromatic heterocycles. The minimum absolute atomic E-state index is 0.0359. The summed E-state index contributed by atoms with van der Waals surface area (Å²) in [6.45, 7) is 2.92. The minimum Gasteiger partial charge on any atom is -0.493 e. The second kappa shape index (κ2) is 12.7. The highest BCUT2D eigenvalue weighted by atomic mass is 16.7. The summed E-state index contributed by atoms with van der Waals surface area (Å²) in [5.74, 6) is 3.06. The molecule has 0 spiro atoms. The molecule has 1 amide bonds. The van der Waals surface area contributed by atoms with Crippen LogP contribution < -0.4 is 24.3 Å². The average Bonchev–Trinajstić information content (AvgIpc) is 3.30. The third kappa shape index (κ3) is 7.71. The summed E-state index contributed by atoms with van der Waals surface area (Å²) < 4.78 is 21.3. The summed E-state index contributed by atoms with van der Waals surface area (Å²) >= 11 is 0. The number of hydrogen-bond acceptors (Lipinski definition) is 6. The van der Waals surface area contributed by atoms with Gasteiger partial charge in [0, 0.05) is 19.5 Å². The van der Waals surface area contributed by atoms with E-state index in [1.54, 1.807) is 14.2 Å². The number of carbonyl (C=O) groups excluding carboxylic acids is 1.